The second-order valence-corrected chi connectivity index (χ2v) is 9.58. The van der Waals surface area contributed by atoms with Gasteiger partial charge in [0.2, 0.25) is 0 Å². The summed E-state index contributed by atoms with van der Waals surface area (Å²) in [7, 11) is 0. The number of hydrogen-bond acceptors (Lipinski definition) is 7. The third-order valence-corrected chi connectivity index (χ3v) is 6.71. The highest BCUT2D eigenvalue weighted by Crippen LogP contribution is 2.38. The number of furan rings is 1. The van der Waals surface area contributed by atoms with Crippen molar-refractivity contribution in [2.24, 2.45) is 5.18 Å². The largest absolute Gasteiger partial charge is 0.484 e. The molecule has 0 atom stereocenters. The maximum absolute atomic E-state index is 13.2. The van der Waals surface area contributed by atoms with E-state index in [4.69, 9.17) is 9.15 Å². The Hall–Kier alpha value is -4.87. The van der Waals surface area contributed by atoms with Crippen molar-refractivity contribution in [1.29, 1.82) is 0 Å². The number of nitrogens with zero attached hydrogens (tertiary/aromatic N) is 3. The number of carbonyl (C=O) groups excluding carboxylic acids is 2. The van der Waals surface area contributed by atoms with Gasteiger partial charge < -0.3 is 24.3 Å². The number of aryl methyl sites for hydroxylation is 1. The molecule has 0 unspecified atom stereocenters. The van der Waals surface area contributed by atoms with Crippen LogP contribution in [-0.4, -0.2) is 54.4 Å². The molecule has 2 amide bonds. The first-order valence-corrected chi connectivity index (χ1v) is 12.7. The molecule has 3 aromatic carbocycles. The van der Waals surface area contributed by atoms with Crippen molar-refractivity contribution < 1.29 is 31.9 Å². The number of carbonyl (C=O) groups is 2. The van der Waals surface area contributed by atoms with E-state index < -0.39 is 17.4 Å². The van der Waals surface area contributed by atoms with Crippen LogP contribution in [-0.2, 0) is 11.0 Å². The van der Waals surface area contributed by atoms with E-state index >= 15 is 0 Å². The number of ether oxygens (including phenoxy) is 1. The molecule has 41 heavy (non-hydrogen) atoms. The van der Waals surface area contributed by atoms with Crippen LogP contribution in [0.2, 0.25) is 0 Å². The maximum atomic E-state index is 13.2. The normalized spacial score (nSPS) is 13.8. The molecule has 4 aromatic rings. The second kappa shape index (κ2) is 11.3. The predicted molar refractivity (Wildman–Crippen MR) is 146 cm³/mol. The third kappa shape index (κ3) is 6.32. The average Bonchev–Trinajstić information content (AvgIpc) is 3.39. The molecule has 0 bridgehead atoms. The van der Waals surface area contributed by atoms with Crippen molar-refractivity contribution in [3.05, 3.63) is 88.5 Å². The van der Waals surface area contributed by atoms with Crippen LogP contribution in [0, 0.1) is 11.8 Å². The Kier molecular flexibility index (Phi) is 7.64. The molecule has 0 spiro atoms. The molecular formula is C29H25F3N4O5. The number of piperazine rings is 1. The number of nitroso groups, excluding NO2 is 1. The number of benzene rings is 3. The van der Waals surface area contributed by atoms with Gasteiger partial charge in [0, 0.05) is 42.9 Å². The van der Waals surface area contributed by atoms with E-state index in [0.717, 1.165) is 23.1 Å². The Morgan fingerprint density at radius 3 is 2.29 bits per heavy atom. The number of rotatable bonds is 7. The van der Waals surface area contributed by atoms with E-state index in [-0.39, 0.29) is 29.9 Å². The van der Waals surface area contributed by atoms with Crippen LogP contribution in [0.1, 0.15) is 21.7 Å². The number of amides is 2. The Balaban J connectivity index is 1.11. The van der Waals surface area contributed by atoms with E-state index in [9.17, 15) is 27.7 Å². The summed E-state index contributed by atoms with van der Waals surface area (Å²) >= 11 is 0. The summed E-state index contributed by atoms with van der Waals surface area (Å²) in [5.41, 5.74) is 0.500. The highest BCUT2D eigenvalue weighted by molar-refractivity contribution is 5.96. The molecule has 1 N–H and O–H groups in total. The maximum Gasteiger partial charge on any atom is 0.418 e. The van der Waals surface area contributed by atoms with Gasteiger partial charge >= 0.3 is 6.18 Å². The van der Waals surface area contributed by atoms with Crippen LogP contribution < -0.4 is 10.1 Å². The summed E-state index contributed by atoms with van der Waals surface area (Å²) in [4.78, 5) is 39.6. The van der Waals surface area contributed by atoms with Crippen molar-refractivity contribution in [3.8, 4) is 5.75 Å². The molecule has 1 aromatic heterocycles. The van der Waals surface area contributed by atoms with Gasteiger partial charge in [-0.15, -0.1) is 4.91 Å². The summed E-state index contributed by atoms with van der Waals surface area (Å²) in [5, 5.41) is 6.13. The molecule has 212 valence electrons. The number of hydrogen-bond donors (Lipinski definition) is 1. The minimum absolute atomic E-state index is 0.126. The summed E-state index contributed by atoms with van der Waals surface area (Å²) < 4.78 is 50.8. The number of fused-ring (bicyclic) bond motifs is 1. The zero-order valence-electron chi connectivity index (χ0n) is 21.9. The fourth-order valence-corrected chi connectivity index (χ4v) is 4.54. The monoisotopic (exact) mass is 566 g/mol. The first kappa shape index (κ1) is 27.7. The lowest BCUT2D eigenvalue weighted by Crippen LogP contribution is -2.51. The lowest BCUT2D eigenvalue weighted by molar-refractivity contribution is -0.137. The molecule has 0 radical (unpaired) electrons. The van der Waals surface area contributed by atoms with E-state index in [1.807, 2.05) is 25.1 Å². The molecule has 1 fully saturated rings. The van der Waals surface area contributed by atoms with Gasteiger partial charge in [-0.2, -0.15) is 13.2 Å². The highest BCUT2D eigenvalue weighted by atomic mass is 19.4. The van der Waals surface area contributed by atoms with Gasteiger partial charge in [0.1, 0.15) is 17.0 Å². The van der Waals surface area contributed by atoms with Crippen molar-refractivity contribution in [3.63, 3.8) is 0 Å². The fourth-order valence-electron chi connectivity index (χ4n) is 4.54. The molecule has 1 aliphatic rings. The summed E-state index contributed by atoms with van der Waals surface area (Å²) in [6.07, 6.45) is -4.72. The van der Waals surface area contributed by atoms with Gasteiger partial charge in [-0.3, -0.25) is 9.59 Å². The summed E-state index contributed by atoms with van der Waals surface area (Å²) in [5.74, 6) is 0.209. The molecule has 5 rings (SSSR count). The zero-order valence-corrected chi connectivity index (χ0v) is 21.9. The van der Waals surface area contributed by atoms with Crippen molar-refractivity contribution >= 4 is 39.8 Å². The van der Waals surface area contributed by atoms with Crippen molar-refractivity contribution in [1.82, 2.24) is 9.80 Å². The molecule has 0 saturated carbocycles. The molecule has 1 aliphatic heterocycles. The quantitative estimate of drug-likeness (QED) is 0.265. The number of nitrogens with one attached hydrogen (secondary N) is 1. The smallest absolute Gasteiger partial charge is 0.418 e. The molecule has 9 nitrogen and oxygen atoms in total. The van der Waals surface area contributed by atoms with Crippen LogP contribution in [0.4, 0.5) is 30.2 Å². The Bertz CT molecular complexity index is 1590. The first-order chi connectivity index (χ1) is 19.6. The number of alkyl halides is 3. The Morgan fingerprint density at radius 2 is 1.61 bits per heavy atom. The average molecular weight is 567 g/mol. The Morgan fingerprint density at radius 1 is 0.927 bits per heavy atom. The molecular weight excluding hydrogens is 541 g/mol. The van der Waals surface area contributed by atoms with Gasteiger partial charge in [-0.25, -0.2) is 0 Å². The van der Waals surface area contributed by atoms with Gasteiger partial charge in [0.25, 0.3) is 11.8 Å². The lowest BCUT2D eigenvalue weighted by Gasteiger charge is -2.34. The second-order valence-electron chi connectivity index (χ2n) is 9.58. The van der Waals surface area contributed by atoms with Crippen LogP contribution in [0.15, 0.2) is 76.3 Å². The SMILES string of the molecule is Cc1ccc2oc(C(=O)N3CCN(C(=O)COc4ccc(Nc5ccc(N=O)c(C(F)(F)F)c5)cc4)CC3)cc2c1. The van der Waals surface area contributed by atoms with Crippen LogP contribution in [0.3, 0.4) is 0 Å². The van der Waals surface area contributed by atoms with Crippen LogP contribution in [0.25, 0.3) is 11.0 Å². The van der Waals surface area contributed by atoms with Gasteiger partial charge in [-0.05, 0) is 72.8 Å². The third-order valence-electron chi connectivity index (χ3n) is 6.71. The van der Waals surface area contributed by atoms with Gasteiger partial charge in [-0.1, -0.05) is 11.6 Å². The molecule has 1 saturated heterocycles. The summed E-state index contributed by atoms with van der Waals surface area (Å²) in [6.45, 7) is 3.19. The zero-order chi connectivity index (χ0) is 29.1. The minimum Gasteiger partial charge on any atom is -0.484 e. The van der Waals surface area contributed by atoms with E-state index in [1.165, 1.54) is 6.07 Å². The predicted octanol–water partition coefficient (Wildman–Crippen LogP) is 6.26. The molecule has 2 heterocycles. The Labute approximate surface area is 232 Å². The van der Waals surface area contributed by atoms with E-state index in [0.29, 0.717) is 43.2 Å². The molecule has 0 aliphatic carbocycles. The van der Waals surface area contributed by atoms with Crippen LogP contribution in [0.5, 0.6) is 5.75 Å². The summed E-state index contributed by atoms with van der Waals surface area (Å²) in [6, 6.07) is 16.9. The van der Waals surface area contributed by atoms with E-state index in [2.05, 4.69) is 10.5 Å². The molecule has 12 heteroatoms. The van der Waals surface area contributed by atoms with Crippen molar-refractivity contribution in [2.45, 2.75) is 13.1 Å². The minimum atomic E-state index is -4.72. The number of halogens is 3. The fraction of sp³-hybridized carbons (Fsp3) is 0.241. The topological polar surface area (TPSA) is 104 Å². The van der Waals surface area contributed by atoms with Crippen LogP contribution >= 0.6 is 0 Å². The van der Waals surface area contributed by atoms with Gasteiger partial charge in [0.05, 0.1) is 5.56 Å². The number of anilines is 2. The lowest BCUT2D eigenvalue weighted by atomic mass is 10.1. The highest BCUT2D eigenvalue weighted by Gasteiger charge is 2.34. The van der Waals surface area contributed by atoms with E-state index in [1.54, 1.807) is 40.1 Å². The first-order valence-electron chi connectivity index (χ1n) is 12.7. The van der Waals surface area contributed by atoms with Gasteiger partial charge in [0.15, 0.2) is 12.4 Å². The van der Waals surface area contributed by atoms with Crippen molar-refractivity contribution in [2.75, 3.05) is 38.1 Å². The standard InChI is InChI=1S/C29H25F3N4O5/c1-18-2-9-25-19(14-18)15-26(41-25)28(38)36-12-10-35(11-13-36)27(37)17-40-22-6-3-20(4-7-22)33-21-5-8-24(34-39)23(16-21)29(30,31)32/h2-9,14-16,33H,10-13,17H2,1H3.